The first-order valence-corrected chi connectivity index (χ1v) is 6.71. The smallest absolute Gasteiger partial charge is 0.104 e. The summed E-state index contributed by atoms with van der Waals surface area (Å²) in [5.41, 5.74) is 0.638. The third-order valence-electron chi connectivity index (χ3n) is 2.95. The fraction of sp³-hybridized carbons (Fsp3) is 0.200. The summed E-state index contributed by atoms with van der Waals surface area (Å²) in [4.78, 5) is 0. The second-order valence-corrected chi connectivity index (χ2v) is 5.46. The van der Waals surface area contributed by atoms with Crippen LogP contribution in [0.3, 0.4) is 0 Å². The van der Waals surface area contributed by atoms with Gasteiger partial charge in [-0.3, -0.25) is 0 Å². The Morgan fingerprint density at radius 2 is 1.79 bits per heavy atom. The van der Waals surface area contributed by atoms with E-state index in [-0.39, 0.29) is 0 Å². The van der Waals surface area contributed by atoms with Gasteiger partial charge in [0, 0.05) is 11.6 Å². The predicted octanol–water partition coefficient (Wildman–Crippen LogP) is 4.31. The summed E-state index contributed by atoms with van der Waals surface area (Å²) in [5, 5.41) is 14.7. The Balaban J connectivity index is 2.09. The second-order valence-electron chi connectivity index (χ2n) is 4.62. The zero-order valence-corrected chi connectivity index (χ0v) is 12.0. The third-order valence-corrected chi connectivity index (χ3v) is 3.50. The monoisotopic (exact) mass is 295 g/mol. The molecule has 0 radical (unpaired) electrons. The zero-order chi connectivity index (χ0) is 13.9. The summed E-state index contributed by atoms with van der Waals surface area (Å²) in [6.07, 6.45) is 0. The first-order chi connectivity index (χ1) is 8.99. The van der Waals surface area contributed by atoms with Crippen LogP contribution in [0.2, 0.25) is 10.0 Å². The van der Waals surface area contributed by atoms with Crippen LogP contribution in [0.1, 0.15) is 12.5 Å². The van der Waals surface area contributed by atoms with Gasteiger partial charge >= 0.3 is 0 Å². The number of nitrogens with one attached hydrogen (secondary N) is 1. The number of hydrogen-bond donors (Lipinski definition) is 2. The van der Waals surface area contributed by atoms with Crippen molar-refractivity contribution in [2.75, 3.05) is 11.9 Å². The van der Waals surface area contributed by atoms with E-state index >= 15 is 0 Å². The fourth-order valence-electron chi connectivity index (χ4n) is 1.80. The average Bonchev–Trinajstić information content (AvgIpc) is 2.39. The molecule has 0 aliphatic rings. The number of rotatable bonds is 4. The number of hydrogen-bond acceptors (Lipinski definition) is 2. The van der Waals surface area contributed by atoms with Crippen molar-refractivity contribution in [3.05, 3.63) is 64.1 Å². The van der Waals surface area contributed by atoms with Gasteiger partial charge in [0.05, 0.1) is 10.7 Å². The van der Waals surface area contributed by atoms with Crippen molar-refractivity contribution in [3.8, 4) is 0 Å². The van der Waals surface area contributed by atoms with E-state index in [0.29, 0.717) is 16.6 Å². The molecule has 0 fully saturated rings. The van der Waals surface area contributed by atoms with E-state index < -0.39 is 5.60 Å². The number of benzene rings is 2. The minimum Gasteiger partial charge on any atom is -0.384 e. The molecule has 2 nitrogen and oxygen atoms in total. The number of aliphatic hydroxyl groups is 1. The Morgan fingerprint density at radius 1 is 1.11 bits per heavy atom. The summed E-state index contributed by atoms with van der Waals surface area (Å²) >= 11 is 11.9. The van der Waals surface area contributed by atoms with Crippen LogP contribution in [0.15, 0.2) is 48.5 Å². The van der Waals surface area contributed by atoms with Gasteiger partial charge in [-0.1, -0.05) is 53.5 Å². The van der Waals surface area contributed by atoms with Crippen LogP contribution < -0.4 is 5.32 Å². The maximum absolute atomic E-state index is 10.5. The maximum Gasteiger partial charge on any atom is 0.104 e. The summed E-state index contributed by atoms with van der Waals surface area (Å²) < 4.78 is 0. The highest BCUT2D eigenvalue weighted by molar-refractivity contribution is 6.36. The van der Waals surface area contributed by atoms with Crippen LogP contribution in [0.4, 0.5) is 5.69 Å². The molecule has 2 aromatic carbocycles. The molecule has 4 heteroatoms. The van der Waals surface area contributed by atoms with Crippen LogP contribution in [-0.4, -0.2) is 11.7 Å². The number of halogens is 2. The molecular weight excluding hydrogens is 281 g/mol. The van der Waals surface area contributed by atoms with Gasteiger partial charge in [-0.15, -0.1) is 0 Å². The van der Waals surface area contributed by atoms with Crippen molar-refractivity contribution in [2.24, 2.45) is 0 Å². The van der Waals surface area contributed by atoms with Crippen LogP contribution in [0, 0.1) is 0 Å². The van der Waals surface area contributed by atoms with E-state index in [1.165, 1.54) is 0 Å². The molecular formula is C15H15Cl2NO. The maximum atomic E-state index is 10.5. The quantitative estimate of drug-likeness (QED) is 0.881. The van der Waals surface area contributed by atoms with E-state index in [1.807, 2.05) is 30.3 Å². The van der Waals surface area contributed by atoms with E-state index in [0.717, 1.165) is 11.3 Å². The Bertz CT molecular complexity index is 555. The lowest BCUT2D eigenvalue weighted by atomic mass is 9.96. The largest absolute Gasteiger partial charge is 0.384 e. The molecule has 0 aliphatic carbocycles. The molecule has 0 saturated carbocycles. The van der Waals surface area contributed by atoms with Crippen LogP contribution in [-0.2, 0) is 5.60 Å². The van der Waals surface area contributed by atoms with Gasteiger partial charge in [0.2, 0.25) is 0 Å². The molecule has 0 aliphatic heterocycles. The molecule has 0 bridgehead atoms. The molecule has 2 rings (SSSR count). The Kier molecular flexibility index (Phi) is 4.35. The lowest BCUT2D eigenvalue weighted by Gasteiger charge is -2.25. The van der Waals surface area contributed by atoms with Gasteiger partial charge in [-0.2, -0.15) is 0 Å². The topological polar surface area (TPSA) is 32.3 Å². The molecule has 2 N–H and O–H groups in total. The number of anilines is 1. The van der Waals surface area contributed by atoms with Crippen LogP contribution in [0.5, 0.6) is 0 Å². The van der Waals surface area contributed by atoms with E-state index in [4.69, 9.17) is 23.2 Å². The first kappa shape index (κ1) is 14.2. The van der Waals surface area contributed by atoms with Crippen molar-refractivity contribution < 1.29 is 5.11 Å². The fourth-order valence-corrected chi connectivity index (χ4v) is 2.27. The van der Waals surface area contributed by atoms with Gasteiger partial charge in [0.25, 0.3) is 0 Å². The Morgan fingerprint density at radius 3 is 2.42 bits per heavy atom. The third kappa shape index (κ3) is 3.63. The molecule has 0 saturated heterocycles. The van der Waals surface area contributed by atoms with Crippen molar-refractivity contribution in [3.63, 3.8) is 0 Å². The van der Waals surface area contributed by atoms with Crippen molar-refractivity contribution in [1.82, 2.24) is 0 Å². The Labute approximate surface area is 123 Å². The molecule has 0 spiro atoms. The lowest BCUT2D eigenvalue weighted by Crippen LogP contribution is -2.30. The summed E-state index contributed by atoms with van der Waals surface area (Å²) in [7, 11) is 0. The molecule has 2 aromatic rings. The lowest BCUT2D eigenvalue weighted by molar-refractivity contribution is 0.0715. The van der Waals surface area contributed by atoms with Crippen molar-refractivity contribution in [1.29, 1.82) is 0 Å². The van der Waals surface area contributed by atoms with Crippen molar-refractivity contribution in [2.45, 2.75) is 12.5 Å². The molecule has 0 amide bonds. The molecule has 0 aromatic heterocycles. The molecule has 1 atom stereocenters. The highest BCUT2D eigenvalue weighted by atomic mass is 35.5. The first-order valence-electron chi connectivity index (χ1n) is 5.96. The van der Waals surface area contributed by atoms with Crippen LogP contribution in [0.25, 0.3) is 0 Å². The van der Waals surface area contributed by atoms with Gasteiger partial charge in [0.15, 0.2) is 0 Å². The summed E-state index contributed by atoms with van der Waals surface area (Å²) in [6, 6.07) is 14.7. The van der Waals surface area contributed by atoms with Crippen molar-refractivity contribution >= 4 is 28.9 Å². The minimum absolute atomic E-state index is 0.359. The standard InChI is InChI=1S/C15H15Cl2NO/c1-15(19,11-5-3-2-4-6-11)10-18-14-8-7-12(16)9-13(14)17/h2-9,18-19H,10H2,1H3. The van der Waals surface area contributed by atoms with Crippen LogP contribution >= 0.6 is 23.2 Å². The highest BCUT2D eigenvalue weighted by Gasteiger charge is 2.22. The predicted molar refractivity (Wildman–Crippen MR) is 81.0 cm³/mol. The highest BCUT2D eigenvalue weighted by Crippen LogP contribution is 2.27. The zero-order valence-electron chi connectivity index (χ0n) is 10.5. The van der Waals surface area contributed by atoms with E-state index in [2.05, 4.69) is 5.32 Å². The SMILES string of the molecule is CC(O)(CNc1ccc(Cl)cc1Cl)c1ccccc1. The molecule has 100 valence electrons. The molecule has 19 heavy (non-hydrogen) atoms. The van der Waals surface area contributed by atoms with E-state index in [1.54, 1.807) is 25.1 Å². The average molecular weight is 296 g/mol. The molecule has 1 unspecified atom stereocenters. The minimum atomic E-state index is -0.968. The second kappa shape index (κ2) is 5.83. The Hall–Kier alpha value is -1.22. The van der Waals surface area contributed by atoms with Gasteiger partial charge in [0.1, 0.15) is 5.60 Å². The normalized spacial score (nSPS) is 13.9. The summed E-state index contributed by atoms with van der Waals surface area (Å²) in [5.74, 6) is 0. The van der Waals surface area contributed by atoms with Gasteiger partial charge in [-0.05, 0) is 30.7 Å². The van der Waals surface area contributed by atoms with E-state index in [9.17, 15) is 5.11 Å². The van der Waals surface area contributed by atoms with Gasteiger partial charge in [-0.25, -0.2) is 0 Å². The molecule has 0 heterocycles. The summed E-state index contributed by atoms with van der Waals surface area (Å²) in [6.45, 7) is 2.12. The van der Waals surface area contributed by atoms with Gasteiger partial charge < -0.3 is 10.4 Å².